The molecule has 236 valence electrons. The molecule has 0 bridgehead atoms. The summed E-state index contributed by atoms with van der Waals surface area (Å²) in [7, 11) is -1.13. The van der Waals surface area contributed by atoms with E-state index in [-0.39, 0.29) is 24.5 Å². The number of carbonyl (C=O) groups is 2. The van der Waals surface area contributed by atoms with Crippen molar-refractivity contribution in [3.05, 3.63) is 137 Å². The number of hydrogen-bond acceptors (Lipinski definition) is 7. The fourth-order valence-corrected chi connectivity index (χ4v) is 7.42. The van der Waals surface area contributed by atoms with Gasteiger partial charge in [0.25, 0.3) is 0 Å². The third kappa shape index (κ3) is 6.16. The van der Waals surface area contributed by atoms with Crippen LogP contribution >= 0.6 is 0 Å². The van der Waals surface area contributed by atoms with E-state index in [1.165, 1.54) is 12.1 Å². The molecule has 4 aromatic rings. The Morgan fingerprint density at radius 1 is 0.957 bits per heavy atom. The highest BCUT2D eigenvalue weighted by atomic mass is 19.1. The number of rotatable bonds is 8. The van der Waals surface area contributed by atoms with Crippen LogP contribution in [0.25, 0.3) is 11.6 Å². The topological polar surface area (TPSA) is 106 Å². The van der Waals surface area contributed by atoms with Crippen molar-refractivity contribution >= 4 is 30.3 Å². The smallest absolute Gasteiger partial charge is 0.455 e. The molecular formula is C38H33BFNO6. The SMILES string of the molecule is O=C1c2ccccc2C(=O)[C@@H]2CC(COc3ccccc3)=C3[C@@H](CC/C(=C/c4ccc(O)c(F)c4)c4ccccn4)OB(O)C[C@@H]3[C@H]12. The van der Waals surface area contributed by atoms with Gasteiger partial charge in [0, 0.05) is 29.2 Å². The molecule has 0 amide bonds. The van der Waals surface area contributed by atoms with E-state index in [0.717, 1.165) is 16.7 Å². The number of pyridine rings is 1. The number of hydrogen-bond donors (Lipinski definition) is 2. The van der Waals surface area contributed by atoms with Crippen molar-refractivity contribution in [2.75, 3.05) is 6.61 Å². The second-order valence-electron chi connectivity index (χ2n) is 12.3. The monoisotopic (exact) mass is 629 g/mol. The third-order valence-corrected chi connectivity index (χ3v) is 9.50. The Morgan fingerprint density at radius 3 is 2.45 bits per heavy atom. The number of benzene rings is 3. The normalized spacial score (nSPS) is 22.4. The molecule has 3 aromatic carbocycles. The minimum atomic E-state index is -1.13. The minimum absolute atomic E-state index is 0.0551. The first-order valence-corrected chi connectivity index (χ1v) is 15.9. The predicted molar refractivity (Wildman–Crippen MR) is 176 cm³/mol. The number of nitrogens with zero attached hydrogens (tertiary/aromatic N) is 1. The summed E-state index contributed by atoms with van der Waals surface area (Å²) in [6.07, 6.45) is 4.37. The number of aromatic nitrogens is 1. The maximum Gasteiger partial charge on any atom is 0.455 e. The second kappa shape index (κ2) is 13.1. The number of Topliss-reactive ketones (excluding diaryl/α,β-unsaturated/α-hetero) is 2. The summed E-state index contributed by atoms with van der Waals surface area (Å²) in [5.74, 6) is -2.17. The van der Waals surface area contributed by atoms with E-state index in [1.54, 1.807) is 36.5 Å². The first kappa shape index (κ1) is 30.8. The molecule has 1 fully saturated rings. The maximum atomic E-state index is 14.3. The molecule has 2 heterocycles. The van der Waals surface area contributed by atoms with Crippen LogP contribution in [0.2, 0.25) is 6.32 Å². The zero-order chi connectivity index (χ0) is 32.5. The van der Waals surface area contributed by atoms with Gasteiger partial charge >= 0.3 is 7.12 Å². The summed E-state index contributed by atoms with van der Waals surface area (Å²) in [4.78, 5) is 32.5. The summed E-state index contributed by atoms with van der Waals surface area (Å²) in [5.41, 5.74) is 4.76. The second-order valence-corrected chi connectivity index (χ2v) is 12.3. The van der Waals surface area contributed by atoms with Crippen molar-refractivity contribution in [1.29, 1.82) is 0 Å². The number of phenolic OH excluding ortho intramolecular Hbond substituents is 1. The highest BCUT2D eigenvalue weighted by Gasteiger charge is 2.53. The Bertz CT molecular complexity index is 1880. The van der Waals surface area contributed by atoms with Gasteiger partial charge in [-0.3, -0.25) is 14.6 Å². The van der Waals surface area contributed by atoms with E-state index in [4.69, 9.17) is 9.39 Å². The Labute approximate surface area is 272 Å². The minimum Gasteiger partial charge on any atom is -0.505 e. The van der Waals surface area contributed by atoms with Gasteiger partial charge in [0.05, 0.1) is 11.8 Å². The number of allylic oxidation sites excluding steroid dienone is 1. The fourth-order valence-electron chi connectivity index (χ4n) is 7.42. The lowest BCUT2D eigenvalue weighted by molar-refractivity contribution is 0.0593. The number of carbonyl (C=O) groups excluding carboxylic acids is 2. The van der Waals surface area contributed by atoms with Crippen LogP contribution in [0, 0.1) is 23.6 Å². The van der Waals surface area contributed by atoms with Crippen LogP contribution < -0.4 is 4.74 Å². The molecule has 47 heavy (non-hydrogen) atoms. The standard InChI is InChI=1S/C38H33BFNO6/c40-31-19-23(13-15-33(31)42)18-24(32-12-6-7-17-41-32)14-16-34-35-25(22-46-26-8-2-1-3-9-26)20-29-36(30(35)21-39(45)47-34)38(44)28-11-5-4-10-27(28)37(29)43/h1-13,15,17-19,29-30,34,36,42,45H,14,16,20-22H2/b24-18-/t29-,30+,34-,36-/m1/s1. The summed E-state index contributed by atoms with van der Waals surface area (Å²) in [6, 6.07) is 26.2. The number of halogens is 1. The molecule has 0 unspecified atom stereocenters. The van der Waals surface area contributed by atoms with E-state index in [2.05, 4.69) is 4.98 Å². The van der Waals surface area contributed by atoms with Gasteiger partial charge in [-0.15, -0.1) is 0 Å². The number of fused-ring (bicyclic) bond motifs is 4. The van der Waals surface area contributed by atoms with Gasteiger partial charge in [0.15, 0.2) is 23.1 Å². The molecule has 3 aliphatic rings. The molecule has 9 heteroatoms. The van der Waals surface area contributed by atoms with E-state index in [0.29, 0.717) is 47.4 Å². The Hall–Kier alpha value is -4.86. The van der Waals surface area contributed by atoms with Crippen LogP contribution in [0.1, 0.15) is 51.2 Å². The highest BCUT2D eigenvalue weighted by Crippen LogP contribution is 2.51. The zero-order valence-corrected chi connectivity index (χ0v) is 25.6. The molecule has 7 nitrogen and oxygen atoms in total. The molecule has 0 radical (unpaired) electrons. The van der Waals surface area contributed by atoms with Gasteiger partial charge in [-0.2, -0.15) is 0 Å². The number of para-hydroxylation sites is 1. The Balaban J connectivity index is 1.26. The Morgan fingerprint density at radius 2 is 1.70 bits per heavy atom. The van der Waals surface area contributed by atoms with E-state index in [1.807, 2.05) is 54.6 Å². The van der Waals surface area contributed by atoms with Crippen LogP contribution in [0.4, 0.5) is 4.39 Å². The zero-order valence-electron chi connectivity index (χ0n) is 25.6. The molecule has 2 N–H and O–H groups in total. The third-order valence-electron chi connectivity index (χ3n) is 9.50. The molecule has 1 saturated heterocycles. The first-order chi connectivity index (χ1) is 22.9. The highest BCUT2D eigenvalue weighted by molar-refractivity contribution is 6.43. The van der Waals surface area contributed by atoms with Crippen LogP contribution in [-0.4, -0.2) is 46.5 Å². The number of ketones is 2. The van der Waals surface area contributed by atoms with Crippen LogP contribution in [0.5, 0.6) is 11.5 Å². The van der Waals surface area contributed by atoms with Crippen LogP contribution in [-0.2, 0) is 4.65 Å². The largest absolute Gasteiger partial charge is 0.505 e. The molecule has 1 aromatic heterocycles. The van der Waals surface area contributed by atoms with Gasteiger partial charge in [-0.05, 0) is 96.3 Å². The Kier molecular flexibility index (Phi) is 8.58. The van der Waals surface area contributed by atoms with Crippen LogP contribution in [0.3, 0.4) is 0 Å². The summed E-state index contributed by atoms with van der Waals surface area (Å²) in [5, 5.41) is 20.8. The molecule has 0 saturated carbocycles. The van der Waals surface area contributed by atoms with Crippen molar-refractivity contribution < 1.29 is 33.5 Å². The molecule has 0 spiro atoms. The van der Waals surface area contributed by atoms with Crippen molar-refractivity contribution in [3.63, 3.8) is 0 Å². The lowest BCUT2D eigenvalue weighted by Gasteiger charge is -2.47. The van der Waals surface area contributed by atoms with Gasteiger partial charge in [-0.25, -0.2) is 4.39 Å². The van der Waals surface area contributed by atoms with Gasteiger partial charge in [0.2, 0.25) is 0 Å². The first-order valence-electron chi connectivity index (χ1n) is 15.9. The predicted octanol–water partition coefficient (Wildman–Crippen LogP) is 6.83. The van der Waals surface area contributed by atoms with Gasteiger partial charge in [0.1, 0.15) is 12.4 Å². The van der Waals surface area contributed by atoms with Crippen molar-refractivity contribution in [3.8, 4) is 11.5 Å². The molecule has 2 aliphatic carbocycles. The van der Waals surface area contributed by atoms with Crippen LogP contribution in [0.15, 0.2) is 108 Å². The average Bonchev–Trinajstić information content (AvgIpc) is 3.09. The summed E-state index contributed by atoms with van der Waals surface area (Å²) >= 11 is 0. The maximum absolute atomic E-state index is 14.3. The fraction of sp³-hybridized carbons (Fsp3) is 0.237. The van der Waals surface area contributed by atoms with E-state index < -0.39 is 42.5 Å². The quantitative estimate of drug-likeness (QED) is 0.163. The molecule has 4 atom stereocenters. The molecule has 7 rings (SSSR count). The summed E-state index contributed by atoms with van der Waals surface area (Å²) < 4.78 is 26.7. The molecular weight excluding hydrogens is 596 g/mol. The lowest BCUT2D eigenvalue weighted by Crippen LogP contribution is -2.51. The van der Waals surface area contributed by atoms with Crippen molar-refractivity contribution in [2.24, 2.45) is 17.8 Å². The van der Waals surface area contributed by atoms with Crippen molar-refractivity contribution in [2.45, 2.75) is 31.7 Å². The number of phenols is 1. The lowest BCUT2D eigenvalue weighted by atomic mass is 9.54. The van der Waals surface area contributed by atoms with E-state index >= 15 is 0 Å². The summed E-state index contributed by atoms with van der Waals surface area (Å²) in [6.45, 7) is 0.216. The number of ether oxygens (including phenoxy) is 1. The van der Waals surface area contributed by atoms with Crippen molar-refractivity contribution in [1.82, 2.24) is 4.98 Å². The number of aromatic hydroxyl groups is 1. The molecule has 1 aliphatic heterocycles. The van der Waals surface area contributed by atoms with E-state index in [9.17, 15) is 24.1 Å². The average molecular weight is 629 g/mol. The van der Waals surface area contributed by atoms with Gasteiger partial charge < -0.3 is 19.5 Å². The van der Waals surface area contributed by atoms with Gasteiger partial charge in [-0.1, -0.05) is 54.6 Å².